The van der Waals surface area contributed by atoms with Crippen LogP contribution < -0.4 is 5.73 Å². The van der Waals surface area contributed by atoms with Crippen molar-refractivity contribution in [1.29, 1.82) is 0 Å². The van der Waals surface area contributed by atoms with Crippen molar-refractivity contribution in [1.82, 2.24) is 0 Å². The molecule has 0 amide bonds. The third-order valence-corrected chi connectivity index (χ3v) is 2.68. The van der Waals surface area contributed by atoms with E-state index in [2.05, 4.69) is 32.9 Å². The SMILES string of the molecule is C[C@H](O)[C@H](N)c1ccc(C(C)(C)C)cc1.Cl. The Morgan fingerprint density at radius 1 is 1.12 bits per heavy atom. The molecule has 0 aliphatic rings. The fraction of sp³-hybridized carbons (Fsp3) is 0.538. The maximum Gasteiger partial charge on any atom is 0.0704 e. The molecule has 0 saturated heterocycles. The highest BCUT2D eigenvalue weighted by molar-refractivity contribution is 5.85. The smallest absolute Gasteiger partial charge is 0.0704 e. The molecule has 0 bridgehead atoms. The Labute approximate surface area is 104 Å². The summed E-state index contributed by atoms with van der Waals surface area (Å²) in [6, 6.07) is 7.87. The minimum Gasteiger partial charge on any atom is -0.391 e. The van der Waals surface area contributed by atoms with Crippen molar-refractivity contribution in [2.45, 2.75) is 45.3 Å². The largest absolute Gasteiger partial charge is 0.391 e. The highest BCUT2D eigenvalue weighted by Gasteiger charge is 2.15. The van der Waals surface area contributed by atoms with E-state index in [0.29, 0.717) is 0 Å². The summed E-state index contributed by atoms with van der Waals surface area (Å²) in [5, 5.41) is 9.38. The number of nitrogens with two attached hydrogens (primary N) is 1. The van der Waals surface area contributed by atoms with Crippen LogP contribution in [0.15, 0.2) is 24.3 Å². The molecule has 1 aromatic carbocycles. The second-order valence-electron chi connectivity index (χ2n) is 5.14. The van der Waals surface area contributed by atoms with Gasteiger partial charge in [0.05, 0.1) is 12.1 Å². The number of aliphatic hydroxyl groups excluding tert-OH is 1. The van der Waals surface area contributed by atoms with Gasteiger partial charge in [-0.1, -0.05) is 45.0 Å². The average Bonchev–Trinajstić information content (AvgIpc) is 2.15. The van der Waals surface area contributed by atoms with Crippen molar-refractivity contribution in [3.05, 3.63) is 35.4 Å². The van der Waals surface area contributed by atoms with Crippen molar-refractivity contribution in [3.63, 3.8) is 0 Å². The fourth-order valence-electron chi connectivity index (χ4n) is 1.48. The molecular formula is C13H22ClNO. The van der Waals surface area contributed by atoms with Gasteiger partial charge in [0, 0.05) is 0 Å². The lowest BCUT2D eigenvalue weighted by Gasteiger charge is -2.21. The Bertz CT molecular complexity index is 314. The second kappa shape index (κ2) is 5.67. The van der Waals surface area contributed by atoms with Crippen LogP contribution in [0.25, 0.3) is 0 Å². The first kappa shape index (κ1) is 15.4. The molecule has 1 aromatic rings. The fourth-order valence-corrected chi connectivity index (χ4v) is 1.48. The maximum atomic E-state index is 9.38. The van der Waals surface area contributed by atoms with Gasteiger partial charge in [-0.25, -0.2) is 0 Å². The lowest BCUT2D eigenvalue weighted by molar-refractivity contribution is 0.164. The third-order valence-electron chi connectivity index (χ3n) is 2.68. The summed E-state index contributed by atoms with van der Waals surface area (Å²) in [5.41, 5.74) is 8.27. The summed E-state index contributed by atoms with van der Waals surface area (Å²) in [7, 11) is 0. The van der Waals surface area contributed by atoms with Crippen LogP contribution in [0.4, 0.5) is 0 Å². The quantitative estimate of drug-likeness (QED) is 0.839. The van der Waals surface area contributed by atoms with Gasteiger partial charge in [-0.3, -0.25) is 0 Å². The van der Waals surface area contributed by atoms with Crippen LogP contribution in [0.2, 0.25) is 0 Å². The van der Waals surface area contributed by atoms with Gasteiger partial charge in [-0.2, -0.15) is 0 Å². The van der Waals surface area contributed by atoms with E-state index in [1.54, 1.807) is 6.92 Å². The molecule has 0 heterocycles. The van der Waals surface area contributed by atoms with Crippen molar-refractivity contribution >= 4 is 12.4 Å². The summed E-state index contributed by atoms with van der Waals surface area (Å²) in [6.45, 7) is 8.24. The van der Waals surface area contributed by atoms with Crippen molar-refractivity contribution < 1.29 is 5.11 Å². The zero-order valence-electron chi connectivity index (χ0n) is 10.4. The molecule has 3 N–H and O–H groups in total. The molecule has 16 heavy (non-hydrogen) atoms. The Morgan fingerprint density at radius 3 is 1.88 bits per heavy atom. The number of aliphatic hydroxyl groups is 1. The minimum absolute atomic E-state index is 0. The second-order valence-corrected chi connectivity index (χ2v) is 5.14. The molecule has 0 spiro atoms. The topological polar surface area (TPSA) is 46.2 Å². The van der Waals surface area contributed by atoms with Crippen molar-refractivity contribution in [2.75, 3.05) is 0 Å². The van der Waals surface area contributed by atoms with E-state index >= 15 is 0 Å². The molecule has 2 nitrogen and oxygen atoms in total. The Hall–Kier alpha value is -0.570. The minimum atomic E-state index is -0.509. The van der Waals surface area contributed by atoms with Gasteiger partial charge in [0.2, 0.25) is 0 Å². The van der Waals surface area contributed by atoms with E-state index < -0.39 is 6.10 Å². The van der Waals surface area contributed by atoms with Gasteiger partial charge in [-0.05, 0) is 23.5 Å². The van der Waals surface area contributed by atoms with Gasteiger partial charge in [0.1, 0.15) is 0 Å². The predicted octanol–water partition coefficient (Wildman–Crippen LogP) is 2.79. The highest BCUT2D eigenvalue weighted by atomic mass is 35.5. The average molecular weight is 244 g/mol. The van der Waals surface area contributed by atoms with Gasteiger partial charge in [-0.15, -0.1) is 12.4 Å². The summed E-state index contributed by atoms with van der Waals surface area (Å²) >= 11 is 0. The maximum absolute atomic E-state index is 9.38. The van der Waals surface area contributed by atoms with Crippen LogP contribution in [0, 0.1) is 0 Å². The molecule has 2 atom stereocenters. The molecule has 0 aliphatic carbocycles. The Kier molecular flexibility index (Phi) is 5.47. The van der Waals surface area contributed by atoms with E-state index in [4.69, 9.17) is 5.73 Å². The zero-order chi connectivity index (χ0) is 11.6. The van der Waals surface area contributed by atoms with Gasteiger partial charge in [0.25, 0.3) is 0 Å². The number of hydrogen-bond donors (Lipinski definition) is 2. The predicted molar refractivity (Wildman–Crippen MR) is 71.0 cm³/mol. The van der Waals surface area contributed by atoms with Gasteiger partial charge >= 0.3 is 0 Å². The van der Waals surface area contributed by atoms with Crippen LogP contribution in [-0.2, 0) is 5.41 Å². The Morgan fingerprint density at radius 2 is 1.56 bits per heavy atom. The lowest BCUT2D eigenvalue weighted by Crippen LogP contribution is -2.23. The number of benzene rings is 1. The molecule has 1 rings (SSSR count). The van der Waals surface area contributed by atoms with Crippen LogP contribution in [-0.4, -0.2) is 11.2 Å². The molecular weight excluding hydrogens is 222 g/mol. The van der Waals surface area contributed by atoms with Gasteiger partial charge < -0.3 is 10.8 Å². The zero-order valence-corrected chi connectivity index (χ0v) is 11.2. The van der Waals surface area contributed by atoms with Crippen LogP contribution in [0.3, 0.4) is 0 Å². The summed E-state index contributed by atoms with van der Waals surface area (Å²) in [4.78, 5) is 0. The molecule has 0 radical (unpaired) electrons. The molecule has 0 aromatic heterocycles. The summed E-state index contributed by atoms with van der Waals surface area (Å²) in [6.07, 6.45) is -0.509. The first-order valence-electron chi connectivity index (χ1n) is 5.36. The van der Waals surface area contributed by atoms with E-state index in [0.717, 1.165) is 5.56 Å². The lowest BCUT2D eigenvalue weighted by atomic mass is 9.86. The number of hydrogen-bond acceptors (Lipinski definition) is 2. The third kappa shape index (κ3) is 3.78. The first-order chi connectivity index (χ1) is 6.82. The van der Waals surface area contributed by atoms with E-state index in [1.165, 1.54) is 5.56 Å². The van der Waals surface area contributed by atoms with Crippen LogP contribution >= 0.6 is 12.4 Å². The molecule has 0 aliphatic heterocycles. The van der Waals surface area contributed by atoms with E-state index in [-0.39, 0.29) is 23.9 Å². The highest BCUT2D eigenvalue weighted by Crippen LogP contribution is 2.24. The standard InChI is InChI=1S/C13H21NO.ClH/c1-9(15)12(14)10-5-7-11(8-6-10)13(2,3)4;/h5-9,12,15H,14H2,1-4H3;1H/t9-,12-;/m0./s1. The van der Waals surface area contributed by atoms with Gasteiger partial charge in [0.15, 0.2) is 0 Å². The summed E-state index contributed by atoms with van der Waals surface area (Å²) < 4.78 is 0. The Balaban J connectivity index is 0.00000225. The van der Waals surface area contributed by atoms with Crippen molar-refractivity contribution in [2.24, 2.45) is 5.73 Å². The molecule has 3 heteroatoms. The number of halogens is 1. The normalized spacial score (nSPS) is 15.1. The van der Waals surface area contributed by atoms with Crippen LogP contribution in [0.5, 0.6) is 0 Å². The first-order valence-corrected chi connectivity index (χ1v) is 5.36. The number of rotatable bonds is 2. The van der Waals surface area contributed by atoms with E-state index in [1.807, 2.05) is 12.1 Å². The molecule has 0 fully saturated rings. The van der Waals surface area contributed by atoms with E-state index in [9.17, 15) is 5.11 Å². The van der Waals surface area contributed by atoms with Crippen molar-refractivity contribution in [3.8, 4) is 0 Å². The monoisotopic (exact) mass is 243 g/mol. The summed E-state index contributed by atoms with van der Waals surface area (Å²) in [5.74, 6) is 0. The molecule has 0 saturated carbocycles. The molecule has 0 unspecified atom stereocenters. The van der Waals surface area contributed by atoms with Crippen LogP contribution in [0.1, 0.15) is 44.9 Å². The molecule has 92 valence electrons.